The Balaban J connectivity index is 1.55. The van der Waals surface area contributed by atoms with E-state index in [1.807, 2.05) is 45.8 Å². The van der Waals surface area contributed by atoms with Crippen LogP contribution in [0.3, 0.4) is 0 Å². The summed E-state index contributed by atoms with van der Waals surface area (Å²) in [4.78, 5) is 17.0. The van der Waals surface area contributed by atoms with Gasteiger partial charge in [0.15, 0.2) is 0 Å². The zero-order chi connectivity index (χ0) is 18.8. The summed E-state index contributed by atoms with van der Waals surface area (Å²) in [6.07, 6.45) is 2.57. The fourth-order valence-electron chi connectivity index (χ4n) is 3.57. The van der Waals surface area contributed by atoms with E-state index >= 15 is 0 Å². The number of carbonyl (C=O) groups is 1. The molecule has 27 heavy (non-hydrogen) atoms. The van der Waals surface area contributed by atoms with E-state index in [-0.39, 0.29) is 12.5 Å². The molecule has 8 nitrogen and oxygen atoms in total. The average Bonchev–Trinajstić information content (AvgIpc) is 3.22. The summed E-state index contributed by atoms with van der Waals surface area (Å²) in [5.41, 5.74) is 3.49. The minimum absolute atomic E-state index is 0.0158. The van der Waals surface area contributed by atoms with Crippen LogP contribution in [0.5, 0.6) is 0 Å². The number of carbonyl (C=O) groups excluding carboxylic acids is 1. The summed E-state index contributed by atoms with van der Waals surface area (Å²) in [5.74, 6) is -0.0158. The Kier molecular flexibility index (Phi) is 4.91. The zero-order valence-corrected chi connectivity index (χ0v) is 15.5. The minimum Gasteiger partial charge on any atom is -0.395 e. The first-order valence-electron chi connectivity index (χ1n) is 9.23. The van der Waals surface area contributed by atoms with Crippen molar-refractivity contribution in [2.24, 2.45) is 0 Å². The smallest absolute Gasteiger partial charge is 0.272 e. The van der Waals surface area contributed by atoms with Crippen LogP contribution >= 0.6 is 0 Å². The highest BCUT2D eigenvalue weighted by molar-refractivity contribution is 5.93. The lowest BCUT2D eigenvalue weighted by Gasteiger charge is -2.20. The molecule has 0 radical (unpaired) electrons. The molecular weight excluding hydrogens is 344 g/mol. The van der Waals surface area contributed by atoms with Crippen molar-refractivity contribution in [1.82, 2.24) is 29.2 Å². The molecular formula is C19H24N6O2. The van der Waals surface area contributed by atoms with E-state index < -0.39 is 0 Å². The normalized spacial score (nSPS) is 14.6. The molecule has 0 saturated heterocycles. The number of nitrogens with zero attached hydrogens (tertiary/aromatic N) is 6. The standard InChI is InChI=1S/C19H24N6O2/c1-22(10-11-26)13-15-12-17-14-23(8-3-9-24(17)21-15)19(27)18-5-2-4-16-6-7-20-25(16)18/h2,4-7,12,26H,3,8-11,13-14H2,1H3. The number of aryl methyl sites for hydroxylation is 1. The second kappa shape index (κ2) is 7.50. The first kappa shape index (κ1) is 17.7. The molecule has 4 rings (SSSR count). The number of aliphatic hydroxyl groups excluding tert-OH is 1. The van der Waals surface area contributed by atoms with Gasteiger partial charge in [0.05, 0.1) is 36.3 Å². The fraction of sp³-hybridized carbons (Fsp3) is 0.421. The van der Waals surface area contributed by atoms with E-state index in [1.165, 1.54) is 0 Å². The number of pyridine rings is 1. The van der Waals surface area contributed by atoms with Crippen molar-refractivity contribution >= 4 is 11.4 Å². The number of aliphatic hydroxyl groups is 1. The van der Waals surface area contributed by atoms with Crippen molar-refractivity contribution < 1.29 is 9.90 Å². The van der Waals surface area contributed by atoms with Crippen molar-refractivity contribution in [1.29, 1.82) is 0 Å². The molecule has 0 saturated carbocycles. The van der Waals surface area contributed by atoms with Crippen LogP contribution in [0.25, 0.3) is 5.52 Å². The van der Waals surface area contributed by atoms with Gasteiger partial charge in [-0.3, -0.25) is 14.4 Å². The molecule has 0 atom stereocenters. The summed E-state index contributed by atoms with van der Waals surface area (Å²) in [6.45, 7) is 3.45. The van der Waals surface area contributed by atoms with E-state index in [1.54, 1.807) is 10.7 Å². The van der Waals surface area contributed by atoms with E-state index in [2.05, 4.69) is 16.3 Å². The Hall–Kier alpha value is -2.71. The zero-order valence-electron chi connectivity index (χ0n) is 15.5. The molecule has 1 amide bonds. The Labute approximate surface area is 157 Å². The van der Waals surface area contributed by atoms with Crippen LogP contribution in [-0.2, 0) is 19.6 Å². The van der Waals surface area contributed by atoms with Crippen LogP contribution < -0.4 is 0 Å². The molecule has 3 aromatic heterocycles. The third kappa shape index (κ3) is 3.58. The Morgan fingerprint density at radius 3 is 3.04 bits per heavy atom. The van der Waals surface area contributed by atoms with Crippen molar-refractivity contribution in [3.8, 4) is 0 Å². The molecule has 4 heterocycles. The van der Waals surface area contributed by atoms with Crippen LogP contribution in [0.4, 0.5) is 0 Å². The number of rotatable bonds is 5. The number of likely N-dealkylation sites (N-methyl/N-ethyl adjacent to an activating group) is 1. The lowest BCUT2D eigenvalue weighted by Crippen LogP contribution is -2.32. The quantitative estimate of drug-likeness (QED) is 0.727. The summed E-state index contributed by atoms with van der Waals surface area (Å²) in [5, 5.41) is 18.0. The molecule has 1 N–H and O–H groups in total. The first-order valence-corrected chi connectivity index (χ1v) is 9.23. The van der Waals surface area contributed by atoms with E-state index in [4.69, 9.17) is 5.11 Å². The number of aromatic nitrogens is 4. The predicted octanol–water partition coefficient (Wildman–Crippen LogP) is 1.00. The molecule has 0 unspecified atom stereocenters. The highest BCUT2D eigenvalue weighted by atomic mass is 16.3. The van der Waals surface area contributed by atoms with E-state index in [0.29, 0.717) is 31.9 Å². The summed E-state index contributed by atoms with van der Waals surface area (Å²) in [7, 11) is 1.96. The first-order chi connectivity index (χ1) is 13.2. The SMILES string of the molecule is CN(CCO)Cc1cc2n(n1)CCCN(C(=O)c1cccc3ccnn13)C2. The maximum Gasteiger partial charge on any atom is 0.272 e. The summed E-state index contributed by atoms with van der Waals surface area (Å²) in [6, 6.07) is 9.61. The molecule has 0 spiro atoms. The third-order valence-electron chi connectivity index (χ3n) is 4.91. The van der Waals surface area contributed by atoms with Gasteiger partial charge in [-0.05, 0) is 37.7 Å². The number of fused-ring (bicyclic) bond motifs is 2. The fourth-order valence-corrected chi connectivity index (χ4v) is 3.57. The van der Waals surface area contributed by atoms with Gasteiger partial charge < -0.3 is 10.0 Å². The maximum atomic E-state index is 13.1. The van der Waals surface area contributed by atoms with Crippen LogP contribution in [0.15, 0.2) is 36.5 Å². The maximum absolute atomic E-state index is 13.1. The van der Waals surface area contributed by atoms with Crippen molar-refractivity contribution in [2.75, 3.05) is 26.7 Å². The Morgan fingerprint density at radius 1 is 1.30 bits per heavy atom. The molecule has 1 aliphatic heterocycles. The van der Waals surface area contributed by atoms with Crippen LogP contribution in [0.2, 0.25) is 0 Å². The largest absolute Gasteiger partial charge is 0.395 e. The number of amides is 1. The second-order valence-corrected chi connectivity index (χ2v) is 6.97. The number of hydrogen-bond acceptors (Lipinski definition) is 5. The molecule has 0 aliphatic carbocycles. The van der Waals surface area contributed by atoms with Crippen molar-refractivity contribution in [3.63, 3.8) is 0 Å². The van der Waals surface area contributed by atoms with Crippen molar-refractivity contribution in [3.05, 3.63) is 53.6 Å². The predicted molar refractivity (Wildman–Crippen MR) is 100 cm³/mol. The second-order valence-electron chi connectivity index (χ2n) is 6.97. The summed E-state index contributed by atoms with van der Waals surface area (Å²) < 4.78 is 3.70. The molecule has 8 heteroatoms. The molecule has 0 aromatic carbocycles. The van der Waals surface area contributed by atoms with Gasteiger partial charge in [-0.15, -0.1) is 0 Å². The topological polar surface area (TPSA) is 78.9 Å². The van der Waals surface area contributed by atoms with E-state index in [0.717, 1.165) is 29.9 Å². The van der Waals surface area contributed by atoms with Gasteiger partial charge in [-0.25, -0.2) is 4.52 Å². The van der Waals surface area contributed by atoms with Gasteiger partial charge in [0.25, 0.3) is 5.91 Å². The molecule has 142 valence electrons. The molecule has 0 fully saturated rings. The van der Waals surface area contributed by atoms with Gasteiger partial charge in [0, 0.05) is 26.2 Å². The monoisotopic (exact) mass is 368 g/mol. The van der Waals surface area contributed by atoms with Crippen LogP contribution in [-0.4, -0.2) is 67.0 Å². The third-order valence-corrected chi connectivity index (χ3v) is 4.91. The summed E-state index contributed by atoms with van der Waals surface area (Å²) >= 11 is 0. The lowest BCUT2D eigenvalue weighted by molar-refractivity contribution is 0.0737. The molecule has 1 aliphatic rings. The highest BCUT2D eigenvalue weighted by Gasteiger charge is 2.23. The van der Waals surface area contributed by atoms with Gasteiger partial charge in [-0.1, -0.05) is 6.07 Å². The molecule has 3 aromatic rings. The molecule has 0 bridgehead atoms. The van der Waals surface area contributed by atoms with Crippen molar-refractivity contribution in [2.45, 2.75) is 26.1 Å². The number of hydrogen-bond donors (Lipinski definition) is 1. The average molecular weight is 368 g/mol. The minimum atomic E-state index is -0.0158. The van der Waals surface area contributed by atoms with Gasteiger partial charge >= 0.3 is 0 Å². The van der Waals surface area contributed by atoms with Crippen LogP contribution in [0, 0.1) is 0 Å². The van der Waals surface area contributed by atoms with E-state index in [9.17, 15) is 4.79 Å². The highest BCUT2D eigenvalue weighted by Crippen LogP contribution is 2.18. The van der Waals surface area contributed by atoms with Gasteiger partial charge in [-0.2, -0.15) is 10.2 Å². The van der Waals surface area contributed by atoms with Crippen LogP contribution in [0.1, 0.15) is 28.3 Å². The lowest BCUT2D eigenvalue weighted by atomic mass is 10.2. The Bertz CT molecular complexity index is 947. The Morgan fingerprint density at radius 2 is 2.19 bits per heavy atom. The van der Waals surface area contributed by atoms with Gasteiger partial charge in [0.1, 0.15) is 5.69 Å². The van der Waals surface area contributed by atoms with Gasteiger partial charge in [0.2, 0.25) is 0 Å².